The SMILES string of the molecule is COc1ccc2n[nH]c(CN3CC[C@@H]4CNC[C@@H]43)c2c1. The number of hydrogen-bond acceptors (Lipinski definition) is 4. The van der Waals surface area contributed by atoms with Crippen molar-refractivity contribution < 1.29 is 4.74 Å². The van der Waals surface area contributed by atoms with Crippen LogP contribution in [-0.2, 0) is 6.54 Å². The molecule has 2 atom stereocenters. The summed E-state index contributed by atoms with van der Waals surface area (Å²) in [6.07, 6.45) is 1.31. The van der Waals surface area contributed by atoms with E-state index in [2.05, 4.69) is 26.5 Å². The summed E-state index contributed by atoms with van der Waals surface area (Å²) in [5, 5.41) is 12.3. The monoisotopic (exact) mass is 272 g/mol. The minimum Gasteiger partial charge on any atom is -0.497 e. The van der Waals surface area contributed by atoms with Gasteiger partial charge in [-0.15, -0.1) is 0 Å². The van der Waals surface area contributed by atoms with Crippen molar-refractivity contribution in [3.8, 4) is 5.75 Å². The van der Waals surface area contributed by atoms with Crippen molar-refractivity contribution in [2.75, 3.05) is 26.7 Å². The van der Waals surface area contributed by atoms with Gasteiger partial charge in [0.25, 0.3) is 0 Å². The van der Waals surface area contributed by atoms with E-state index in [9.17, 15) is 0 Å². The summed E-state index contributed by atoms with van der Waals surface area (Å²) in [5.74, 6) is 1.72. The molecule has 2 aliphatic heterocycles. The van der Waals surface area contributed by atoms with E-state index in [1.165, 1.54) is 30.6 Å². The number of nitrogens with zero attached hydrogens (tertiary/aromatic N) is 2. The Kier molecular flexibility index (Phi) is 2.89. The first-order valence-electron chi connectivity index (χ1n) is 7.31. The summed E-state index contributed by atoms with van der Waals surface area (Å²) in [4.78, 5) is 2.58. The number of fused-ring (bicyclic) bond motifs is 2. The van der Waals surface area contributed by atoms with Crippen LogP contribution in [0.15, 0.2) is 18.2 Å². The molecule has 0 saturated carbocycles. The number of aromatic amines is 1. The van der Waals surface area contributed by atoms with Crippen molar-refractivity contribution in [2.24, 2.45) is 5.92 Å². The second-order valence-electron chi connectivity index (χ2n) is 5.83. The smallest absolute Gasteiger partial charge is 0.119 e. The summed E-state index contributed by atoms with van der Waals surface area (Å²) in [5.41, 5.74) is 2.22. The highest BCUT2D eigenvalue weighted by Crippen LogP contribution is 2.30. The molecule has 1 aromatic heterocycles. The molecule has 20 heavy (non-hydrogen) atoms. The number of nitrogens with one attached hydrogen (secondary N) is 2. The van der Waals surface area contributed by atoms with E-state index in [1.54, 1.807) is 7.11 Å². The van der Waals surface area contributed by atoms with Crippen molar-refractivity contribution in [3.05, 3.63) is 23.9 Å². The lowest BCUT2D eigenvalue weighted by molar-refractivity contribution is 0.242. The van der Waals surface area contributed by atoms with Crippen molar-refractivity contribution in [1.29, 1.82) is 0 Å². The number of hydrogen-bond donors (Lipinski definition) is 2. The van der Waals surface area contributed by atoms with Crippen LogP contribution in [-0.4, -0.2) is 47.9 Å². The van der Waals surface area contributed by atoms with Crippen LogP contribution in [0, 0.1) is 5.92 Å². The van der Waals surface area contributed by atoms with Crippen LogP contribution in [0.25, 0.3) is 10.9 Å². The average Bonchev–Trinajstić information content (AvgIpc) is 3.16. The zero-order chi connectivity index (χ0) is 13.5. The summed E-state index contributed by atoms with van der Waals surface area (Å²) < 4.78 is 5.32. The van der Waals surface area contributed by atoms with Crippen molar-refractivity contribution >= 4 is 10.9 Å². The molecule has 106 valence electrons. The molecule has 4 rings (SSSR count). The predicted octanol–water partition coefficient (Wildman–Crippen LogP) is 1.37. The first-order chi connectivity index (χ1) is 9.85. The van der Waals surface area contributed by atoms with Gasteiger partial charge in [-0.3, -0.25) is 10.00 Å². The predicted molar refractivity (Wildman–Crippen MR) is 77.8 cm³/mol. The molecular formula is C15H20N4O. The van der Waals surface area contributed by atoms with Crippen LogP contribution in [0.3, 0.4) is 0 Å². The topological polar surface area (TPSA) is 53.2 Å². The molecule has 2 aliphatic rings. The van der Waals surface area contributed by atoms with Gasteiger partial charge in [-0.25, -0.2) is 0 Å². The lowest BCUT2D eigenvalue weighted by Crippen LogP contribution is -2.33. The summed E-state index contributed by atoms with van der Waals surface area (Å²) >= 11 is 0. The fourth-order valence-corrected chi connectivity index (χ4v) is 3.63. The van der Waals surface area contributed by atoms with Gasteiger partial charge in [0, 0.05) is 24.5 Å². The molecule has 5 nitrogen and oxygen atoms in total. The Morgan fingerprint density at radius 3 is 3.25 bits per heavy atom. The number of likely N-dealkylation sites (tertiary alicyclic amines) is 1. The van der Waals surface area contributed by atoms with Crippen molar-refractivity contribution in [1.82, 2.24) is 20.4 Å². The maximum atomic E-state index is 5.32. The first-order valence-corrected chi connectivity index (χ1v) is 7.31. The minimum absolute atomic E-state index is 0.693. The fraction of sp³-hybridized carbons (Fsp3) is 0.533. The van der Waals surface area contributed by atoms with E-state index >= 15 is 0 Å². The van der Waals surface area contributed by atoms with Crippen LogP contribution >= 0.6 is 0 Å². The molecule has 2 saturated heterocycles. The average molecular weight is 272 g/mol. The van der Waals surface area contributed by atoms with E-state index in [4.69, 9.17) is 4.74 Å². The van der Waals surface area contributed by atoms with Crippen molar-refractivity contribution in [3.63, 3.8) is 0 Å². The van der Waals surface area contributed by atoms with Crippen LogP contribution in [0.1, 0.15) is 12.1 Å². The number of H-pyrrole nitrogens is 1. The van der Waals surface area contributed by atoms with Gasteiger partial charge in [0.15, 0.2) is 0 Å². The largest absolute Gasteiger partial charge is 0.497 e. The molecule has 2 fully saturated rings. The third-order valence-electron chi connectivity index (χ3n) is 4.76. The Hall–Kier alpha value is -1.59. The summed E-state index contributed by atoms with van der Waals surface area (Å²) in [6.45, 7) is 4.45. The van der Waals surface area contributed by atoms with Gasteiger partial charge in [0.2, 0.25) is 0 Å². The van der Waals surface area contributed by atoms with E-state index in [0.717, 1.165) is 30.3 Å². The highest BCUT2D eigenvalue weighted by molar-refractivity contribution is 5.82. The Balaban J connectivity index is 1.62. The van der Waals surface area contributed by atoms with E-state index in [-0.39, 0.29) is 0 Å². The number of benzene rings is 1. The summed E-state index contributed by atoms with van der Waals surface area (Å²) in [7, 11) is 1.70. The van der Waals surface area contributed by atoms with Gasteiger partial charge < -0.3 is 10.1 Å². The van der Waals surface area contributed by atoms with Crippen LogP contribution in [0.2, 0.25) is 0 Å². The van der Waals surface area contributed by atoms with Gasteiger partial charge in [-0.2, -0.15) is 5.10 Å². The highest BCUT2D eigenvalue weighted by Gasteiger charge is 2.37. The molecule has 3 heterocycles. The Morgan fingerprint density at radius 2 is 2.35 bits per heavy atom. The van der Waals surface area contributed by atoms with Crippen LogP contribution in [0.4, 0.5) is 0 Å². The number of rotatable bonds is 3. The molecule has 0 aliphatic carbocycles. The molecule has 1 aromatic carbocycles. The zero-order valence-electron chi connectivity index (χ0n) is 11.7. The van der Waals surface area contributed by atoms with Gasteiger partial charge in [0.1, 0.15) is 5.75 Å². The molecule has 0 radical (unpaired) electrons. The van der Waals surface area contributed by atoms with E-state index in [0.29, 0.717) is 6.04 Å². The second kappa shape index (κ2) is 4.75. The third kappa shape index (κ3) is 1.89. The van der Waals surface area contributed by atoms with Gasteiger partial charge in [0.05, 0.1) is 18.3 Å². The number of ether oxygens (including phenoxy) is 1. The van der Waals surface area contributed by atoms with Gasteiger partial charge in [-0.05, 0) is 43.6 Å². The molecule has 5 heteroatoms. The molecule has 0 unspecified atom stereocenters. The van der Waals surface area contributed by atoms with Gasteiger partial charge >= 0.3 is 0 Å². The normalized spacial score (nSPS) is 26.2. The molecular weight excluding hydrogens is 252 g/mol. The van der Waals surface area contributed by atoms with Crippen molar-refractivity contribution in [2.45, 2.75) is 19.0 Å². The second-order valence-corrected chi connectivity index (χ2v) is 5.83. The van der Waals surface area contributed by atoms with Crippen LogP contribution < -0.4 is 10.1 Å². The maximum Gasteiger partial charge on any atom is 0.119 e. The Labute approximate surface area is 118 Å². The van der Waals surface area contributed by atoms with E-state index < -0.39 is 0 Å². The Bertz CT molecular complexity index is 623. The molecule has 2 aromatic rings. The zero-order valence-corrected chi connectivity index (χ0v) is 11.7. The standard InChI is InChI=1S/C15H20N4O/c1-20-11-2-3-13-12(6-11)14(18-17-13)9-19-5-4-10-7-16-8-15(10)19/h2-3,6,10,15-16H,4-5,7-9H2,1H3,(H,17,18)/t10-,15+/m1/s1. The summed E-state index contributed by atoms with van der Waals surface area (Å²) in [6, 6.07) is 6.74. The first kappa shape index (κ1) is 12.2. The number of aromatic nitrogens is 2. The Morgan fingerprint density at radius 1 is 1.40 bits per heavy atom. The third-order valence-corrected chi connectivity index (χ3v) is 4.76. The van der Waals surface area contributed by atoms with Crippen LogP contribution in [0.5, 0.6) is 5.75 Å². The maximum absolute atomic E-state index is 5.32. The fourth-order valence-electron chi connectivity index (χ4n) is 3.63. The molecule has 0 bridgehead atoms. The van der Waals surface area contributed by atoms with Gasteiger partial charge in [-0.1, -0.05) is 0 Å². The molecule has 0 spiro atoms. The molecule has 0 amide bonds. The quantitative estimate of drug-likeness (QED) is 0.886. The van der Waals surface area contributed by atoms with E-state index in [1.807, 2.05) is 12.1 Å². The lowest BCUT2D eigenvalue weighted by Gasteiger charge is -2.22. The highest BCUT2D eigenvalue weighted by atomic mass is 16.5. The molecule has 2 N–H and O–H groups in total. The lowest BCUT2D eigenvalue weighted by atomic mass is 10.1. The minimum atomic E-state index is 0.693. The number of methoxy groups -OCH3 is 1.